The predicted molar refractivity (Wildman–Crippen MR) is 266 cm³/mol. The van der Waals surface area contributed by atoms with Gasteiger partial charge in [-0.05, 0) is 83.5 Å². The van der Waals surface area contributed by atoms with Gasteiger partial charge >= 0.3 is 11.9 Å². The van der Waals surface area contributed by atoms with E-state index in [1.54, 1.807) is 27.7 Å². The lowest BCUT2D eigenvalue weighted by atomic mass is 10.0. The third-order valence-corrected chi connectivity index (χ3v) is 12.6. The first-order valence-corrected chi connectivity index (χ1v) is 25.3. The standard InChI is InChI=1S/C47H78N12O17/c1-22(2)19-29(40(68)56-31(21-60)41(69)55-30(47(75)76)20-23(3)4)54-39(67)28(13-16-36(64)65)52-38(66)27(12-15-35(50)63)53-44(72)37(25(6)61)57-43(71)33-10-7-17-58(33)45(73)24(5)51-42(70)32-9-8-18-59(32)46(74)26(48)11-14-34(49)62/h22-33,37,60-61H,7-21,48H2,1-6H3,(H2,49,62)(H2,50,63)(H,51,70)(H,52,66)(H,53,72)(H,54,67)(H,55,69)(H,56,68)(H,57,71)(H,64,65)(H,75,76)/t24-,25+,26-,27-,28-,29-,30-,31-,32-,33-,37-/m0/s1. The zero-order chi connectivity index (χ0) is 57.7. The maximum atomic E-state index is 13.9. The molecular formula is C47H78N12O17. The summed E-state index contributed by atoms with van der Waals surface area (Å²) in [6, 6.07) is -14.3. The third-order valence-electron chi connectivity index (χ3n) is 12.6. The minimum atomic E-state index is -1.82. The van der Waals surface area contributed by atoms with Crippen LogP contribution in [-0.4, -0.2) is 193 Å². The highest BCUT2D eigenvalue weighted by atomic mass is 16.4. The smallest absolute Gasteiger partial charge is 0.326 e. The normalized spacial score (nSPS) is 18.8. The summed E-state index contributed by atoms with van der Waals surface area (Å²) in [7, 11) is 0. The SMILES string of the molecule is CC(C)C[C@H](NC(=O)[C@H](CO)NC(=O)[C@H](CC(C)C)NC(=O)[C@H](CCC(=O)O)NC(=O)[C@H](CCC(N)=O)NC(=O)[C@@H](NC(=O)[C@@H]1CCCN1C(=O)[C@H](C)NC(=O)[C@@H]1CCCN1C(=O)[C@@H](N)CCC(N)=O)[C@@H](C)O)C(=O)O. The van der Waals surface area contributed by atoms with Crippen LogP contribution in [0.15, 0.2) is 0 Å². The van der Waals surface area contributed by atoms with E-state index in [-0.39, 0.29) is 63.5 Å². The number of carbonyl (C=O) groups excluding carboxylic acids is 11. The number of amides is 11. The summed E-state index contributed by atoms with van der Waals surface area (Å²) in [6.07, 6.45) is -3.16. The Kier molecular flexibility index (Phi) is 26.7. The quantitative estimate of drug-likeness (QED) is 0.0299. The third kappa shape index (κ3) is 21.0. The molecule has 2 fully saturated rings. The summed E-state index contributed by atoms with van der Waals surface area (Å²) in [5.41, 5.74) is 16.5. The fraction of sp³-hybridized carbons (Fsp3) is 0.723. The van der Waals surface area contributed by atoms with E-state index >= 15 is 0 Å². The Balaban J connectivity index is 2.28. The summed E-state index contributed by atoms with van der Waals surface area (Å²) in [5.74, 6) is -13.2. The number of primary amides is 2. The molecule has 0 saturated carbocycles. The largest absolute Gasteiger partial charge is 0.481 e. The van der Waals surface area contributed by atoms with Crippen LogP contribution in [0.1, 0.15) is 119 Å². The number of nitrogens with zero attached hydrogens (tertiary/aromatic N) is 2. The average Bonchev–Trinajstić information content (AvgIpc) is 4.04. The summed E-state index contributed by atoms with van der Waals surface area (Å²) in [4.78, 5) is 171. The van der Waals surface area contributed by atoms with Crippen molar-refractivity contribution in [1.29, 1.82) is 0 Å². The van der Waals surface area contributed by atoms with Crippen molar-refractivity contribution >= 4 is 76.9 Å². The van der Waals surface area contributed by atoms with Gasteiger partial charge in [0.05, 0.1) is 18.8 Å². The van der Waals surface area contributed by atoms with Gasteiger partial charge in [0, 0.05) is 32.4 Å². The van der Waals surface area contributed by atoms with E-state index < -0.39 is 176 Å². The van der Waals surface area contributed by atoms with Gasteiger partial charge in [0.1, 0.15) is 54.4 Å². The summed E-state index contributed by atoms with van der Waals surface area (Å²) < 4.78 is 0. The average molecular weight is 1080 g/mol. The van der Waals surface area contributed by atoms with Crippen LogP contribution in [0.3, 0.4) is 0 Å². The molecule has 76 heavy (non-hydrogen) atoms. The minimum Gasteiger partial charge on any atom is -0.481 e. The van der Waals surface area contributed by atoms with Crippen molar-refractivity contribution < 1.29 is 82.8 Å². The van der Waals surface area contributed by atoms with Crippen LogP contribution in [-0.2, 0) is 62.3 Å². The first-order valence-electron chi connectivity index (χ1n) is 25.3. The molecule has 0 radical (unpaired) electrons. The second-order valence-corrected chi connectivity index (χ2v) is 20.0. The Morgan fingerprint density at radius 2 is 0.934 bits per heavy atom. The first-order chi connectivity index (χ1) is 35.5. The highest BCUT2D eigenvalue weighted by Crippen LogP contribution is 2.22. The van der Waals surface area contributed by atoms with Crippen molar-refractivity contribution in [2.45, 2.75) is 185 Å². The van der Waals surface area contributed by atoms with E-state index in [9.17, 15) is 82.8 Å². The molecule has 29 heteroatoms. The molecule has 0 unspecified atom stereocenters. The van der Waals surface area contributed by atoms with E-state index in [0.717, 1.165) is 6.92 Å². The minimum absolute atomic E-state index is 0.0235. The van der Waals surface area contributed by atoms with Gasteiger partial charge in [-0.1, -0.05) is 27.7 Å². The molecule has 17 N–H and O–H groups in total. The van der Waals surface area contributed by atoms with E-state index in [4.69, 9.17) is 17.2 Å². The van der Waals surface area contributed by atoms with Crippen LogP contribution in [0.25, 0.3) is 0 Å². The molecule has 29 nitrogen and oxygen atoms in total. The molecule has 0 aromatic carbocycles. The number of nitrogens with two attached hydrogens (primary N) is 3. The van der Waals surface area contributed by atoms with E-state index in [0.29, 0.717) is 12.8 Å². The van der Waals surface area contributed by atoms with Gasteiger partial charge in [0.25, 0.3) is 0 Å². The fourth-order valence-electron chi connectivity index (χ4n) is 8.55. The van der Waals surface area contributed by atoms with E-state index in [1.165, 1.54) is 16.7 Å². The number of aliphatic hydroxyl groups is 2. The molecule has 428 valence electrons. The molecule has 0 spiro atoms. The number of rotatable bonds is 32. The van der Waals surface area contributed by atoms with Crippen LogP contribution in [0, 0.1) is 11.8 Å². The molecule has 2 rings (SSSR count). The van der Waals surface area contributed by atoms with Gasteiger partial charge in [0.15, 0.2) is 0 Å². The molecule has 2 aliphatic rings. The Morgan fingerprint density at radius 3 is 1.41 bits per heavy atom. The van der Waals surface area contributed by atoms with Crippen molar-refractivity contribution in [1.82, 2.24) is 47.0 Å². The second-order valence-electron chi connectivity index (χ2n) is 20.0. The lowest BCUT2D eigenvalue weighted by Crippen LogP contribution is -2.61. The molecular weight excluding hydrogens is 1000 g/mol. The van der Waals surface area contributed by atoms with E-state index in [1.807, 2.05) is 0 Å². The number of nitrogens with one attached hydrogen (secondary N) is 7. The van der Waals surface area contributed by atoms with Gasteiger partial charge < -0.3 is 84.6 Å². The Bertz CT molecular complexity index is 2130. The topological polar surface area (TPSA) is 472 Å². The van der Waals surface area contributed by atoms with Crippen LogP contribution in [0.5, 0.6) is 0 Å². The Morgan fingerprint density at radius 1 is 0.526 bits per heavy atom. The molecule has 0 bridgehead atoms. The van der Waals surface area contributed by atoms with E-state index in [2.05, 4.69) is 37.2 Å². The number of likely N-dealkylation sites (tertiary alicyclic amines) is 2. The molecule has 2 saturated heterocycles. The second kappa shape index (κ2) is 31.1. The van der Waals surface area contributed by atoms with Crippen molar-refractivity contribution in [3.05, 3.63) is 0 Å². The van der Waals surface area contributed by atoms with Crippen LogP contribution in [0.2, 0.25) is 0 Å². The van der Waals surface area contributed by atoms with Gasteiger partial charge in [-0.3, -0.25) is 57.5 Å². The lowest BCUT2D eigenvalue weighted by Gasteiger charge is -2.31. The number of hydrogen-bond donors (Lipinski definition) is 14. The maximum absolute atomic E-state index is 13.9. The zero-order valence-corrected chi connectivity index (χ0v) is 43.8. The Labute approximate surface area is 439 Å². The van der Waals surface area contributed by atoms with Gasteiger partial charge in [-0.15, -0.1) is 0 Å². The first kappa shape index (κ1) is 65.1. The summed E-state index contributed by atoms with van der Waals surface area (Å²) in [6.45, 7) is 8.56. The van der Waals surface area contributed by atoms with Crippen LogP contribution >= 0.6 is 0 Å². The number of carboxylic acids is 2. The van der Waals surface area contributed by atoms with Gasteiger partial charge in [-0.25, -0.2) is 4.79 Å². The molecule has 0 aromatic heterocycles. The maximum Gasteiger partial charge on any atom is 0.326 e. The number of aliphatic hydroxyl groups excluding tert-OH is 2. The highest BCUT2D eigenvalue weighted by molar-refractivity contribution is 5.99. The molecule has 11 amide bonds. The highest BCUT2D eigenvalue weighted by Gasteiger charge is 2.42. The zero-order valence-electron chi connectivity index (χ0n) is 43.8. The summed E-state index contributed by atoms with van der Waals surface area (Å²) >= 11 is 0. The monoisotopic (exact) mass is 1080 g/mol. The number of aliphatic carboxylic acids is 2. The molecule has 0 aromatic rings. The number of hydrogen-bond acceptors (Lipinski definition) is 16. The number of carboxylic acid groups (broad SMARTS) is 2. The van der Waals surface area contributed by atoms with Crippen molar-refractivity contribution in [3.63, 3.8) is 0 Å². The van der Waals surface area contributed by atoms with Crippen molar-refractivity contribution in [2.24, 2.45) is 29.0 Å². The van der Waals surface area contributed by atoms with Crippen LogP contribution in [0.4, 0.5) is 0 Å². The van der Waals surface area contributed by atoms with Crippen molar-refractivity contribution in [2.75, 3.05) is 19.7 Å². The molecule has 0 aliphatic carbocycles. The molecule has 2 heterocycles. The van der Waals surface area contributed by atoms with Crippen LogP contribution < -0.4 is 54.4 Å². The Hall–Kier alpha value is -7.01. The predicted octanol–water partition coefficient (Wildman–Crippen LogP) is -5.35. The fourth-order valence-corrected chi connectivity index (χ4v) is 8.55. The van der Waals surface area contributed by atoms with Crippen molar-refractivity contribution in [3.8, 4) is 0 Å². The molecule has 2 aliphatic heterocycles. The molecule has 11 atom stereocenters. The van der Waals surface area contributed by atoms with Gasteiger partial charge in [-0.2, -0.15) is 0 Å². The number of carbonyl (C=O) groups is 13. The lowest BCUT2D eigenvalue weighted by molar-refractivity contribution is -0.144. The van der Waals surface area contributed by atoms with Gasteiger partial charge in [0.2, 0.25) is 65.0 Å². The summed E-state index contributed by atoms with van der Waals surface area (Å²) in [5, 5.41) is 56.4.